The molecule has 2 heterocycles. The van der Waals surface area contributed by atoms with Crippen molar-refractivity contribution in [2.24, 2.45) is 7.05 Å². The van der Waals surface area contributed by atoms with Gasteiger partial charge in [0.2, 0.25) is 5.28 Å². The molecule has 0 aliphatic carbocycles. The number of anilines is 1. The molecule has 0 bridgehead atoms. The van der Waals surface area contributed by atoms with Crippen LogP contribution in [0.25, 0.3) is 0 Å². The predicted molar refractivity (Wildman–Crippen MR) is 92.8 cm³/mol. The first-order chi connectivity index (χ1) is 11.6. The van der Waals surface area contributed by atoms with Gasteiger partial charge in [0.15, 0.2) is 0 Å². The summed E-state index contributed by atoms with van der Waals surface area (Å²) in [4.78, 5) is 20.0. The Morgan fingerprint density at radius 1 is 1.21 bits per heavy atom. The smallest absolute Gasteiger partial charge is 0.272 e. The van der Waals surface area contributed by atoms with Crippen LogP contribution in [-0.2, 0) is 7.05 Å². The summed E-state index contributed by atoms with van der Waals surface area (Å²) >= 11 is 5.73. The molecule has 0 saturated heterocycles. The van der Waals surface area contributed by atoms with Crippen LogP contribution in [0.5, 0.6) is 0 Å². The largest absolute Gasteiger partial charge is 0.347 e. The summed E-state index contributed by atoms with van der Waals surface area (Å²) in [6, 6.07) is 12.6. The van der Waals surface area contributed by atoms with Crippen LogP contribution in [0.3, 0.4) is 0 Å². The summed E-state index contributed by atoms with van der Waals surface area (Å²) in [6.45, 7) is 0. The summed E-state index contributed by atoms with van der Waals surface area (Å²) in [5.74, 6) is 5.74. The zero-order valence-corrected chi connectivity index (χ0v) is 13.6. The highest BCUT2D eigenvalue weighted by Crippen LogP contribution is 2.12. The molecule has 3 rings (SSSR count). The lowest BCUT2D eigenvalue weighted by molar-refractivity contribution is 0.101. The molecule has 0 unspecified atom stereocenters. The van der Waals surface area contributed by atoms with Crippen LogP contribution in [0.1, 0.15) is 21.7 Å². The van der Waals surface area contributed by atoms with Gasteiger partial charge in [0.1, 0.15) is 11.4 Å². The minimum atomic E-state index is -0.171. The van der Waals surface area contributed by atoms with Gasteiger partial charge in [-0.2, -0.15) is 0 Å². The summed E-state index contributed by atoms with van der Waals surface area (Å²) in [5.41, 5.74) is 2.55. The number of nitrogens with one attached hydrogen (secondary N) is 1. The Hall–Kier alpha value is -3.10. The molecule has 0 saturated carbocycles. The maximum Gasteiger partial charge on any atom is 0.272 e. The number of hydrogen-bond acceptors (Lipinski definition) is 3. The van der Waals surface area contributed by atoms with E-state index in [1.54, 1.807) is 29.0 Å². The summed E-state index contributed by atoms with van der Waals surface area (Å²) in [6.07, 6.45) is 3.37. The molecule has 1 aromatic carbocycles. The van der Waals surface area contributed by atoms with Crippen LogP contribution in [0.2, 0.25) is 5.28 Å². The second kappa shape index (κ2) is 6.99. The molecule has 0 aliphatic heterocycles. The molecule has 24 heavy (non-hydrogen) atoms. The van der Waals surface area contributed by atoms with Gasteiger partial charge in [-0.05, 0) is 53.9 Å². The molecular formula is C18H13ClN4O. The average Bonchev–Trinajstić information content (AvgIpc) is 3.00. The van der Waals surface area contributed by atoms with E-state index in [1.165, 1.54) is 0 Å². The third-order valence-electron chi connectivity index (χ3n) is 3.26. The molecule has 118 valence electrons. The van der Waals surface area contributed by atoms with Crippen molar-refractivity contribution in [2.45, 2.75) is 0 Å². The monoisotopic (exact) mass is 336 g/mol. The lowest BCUT2D eigenvalue weighted by atomic mass is 10.2. The molecule has 1 amide bonds. The SMILES string of the molecule is Cn1cccc1C(=O)Nc1cccc(C#Cc2ccnc(Cl)n2)c1. The number of carbonyl (C=O) groups is 1. The lowest BCUT2D eigenvalue weighted by Gasteiger charge is -2.06. The van der Waals surface area contributed by atoms with Gasteiger partial charge >= 0.3 is 0 Å². The number of aryl methyl sites for hydroxylation is 1. The Morgan fingerprint density at radius 3 is 2.83 bits per heavy atom. The van der Waals surface area contributed by atoms with E-state index in [0.717, 1.165) is 5.56 Å². The first-order valence-corrected chi connectivity index (χ1v) is 7.53. The van der Waals surface area contributed by atoms with Crippen molar-refractivity contribution in [3.63, 3.8) is 0 Å². The van der Waals surface area contributed by atoms with Crippen molar-refractivity contribution in [3.05, 3.63) is 77.1 Å². The van der Waals surface area contributed by atoms with E-state index in [1.807, 2.05) is 37.5 Å². The average molecular weight is 337 g/mol. The molecule has 0 spiro atoms. The number of hydrogen-bond donors (Lipinski definition) is 1. The number of rotatable bonds is 2. The molecule has 5 nitrogen and oxygen atoms in total. The number of halogens is 1. The number of aromatic nitrogens is 3. The van der Waals surface area contributed by atoms with Crippen molar-refractivity contribution >= 4 is 23.2 Å². The Morgan fingerprint density at radius 2 is 2.08 bits per heavy atom. The fourth-order valence-electron chi connectivity index (χ4n) is 2.11. The highest BCUT2D eigenvalue weighted by Gasteiger charge is 2.08. The van der Waals surface area contributed by atoms with Gasteiger partial charge in [-0.1, -0.05) is 12.0 Å². The van der Waals surface area contributed by atoms with E-state index in [4.69, 9.17) is 11.6 Å². The highest BCUT2D eigenvalue weighted by atomic mass is 35.5. The molecule has 0 radical (unpaired) electrons. The number of nitrogens with zero attached hydrogens (tertiary/aromatic N) is 3. The molecule has 0 aliphatic rings. The maximum absolute atomic E-state index is 12.2. The minimum absolute atomic E-state index is 0.158. The highest BCUT2D eigenvalue weighted by molar-refractivity contribution is 6.28. The second-order valence-corrected chi connectivity index (χ2v) is 5.34. The quantitative estimate of drug-likeness (QED) is 0.578. The number of carbonyl (C=O) groups excluding carboxylic acids is 1. The first kappa shape index (κ1) is 15.8. The first-order valence-electron chi connectivity index (χ1n) is 7.15. The fourth-order valence-corrected chi connectivity index (χ4v) is 2.25. The van der Waals surface area contributed by atoms with E-state index in [9.17, 15) is 4.79 Å². The summed E-state index contributed by atoms with van der Waals surface area (Å²) in [5, 5.41) is 3.02. The summed E-state index contributed by atoms with van der Waals surface area (Å²) < 4.78 is 1.76. The van der Waals surface area contributed by atoms with Gasteiger partial charge in [-0.15, -0.1) is 0 Å². The van der Waals surface area contributed by atoms with E-state index in [0.29, 0.717) is 17.1 Å². The number of benzene rings is 1. The molecule has 0 atom stereocenters. The minimum Gasteiger partial charge on any atom is -0.347 e. The Balaban J connectivity index is 1.78. The molecule has 0 fully saturated rings. The molecule has 2 aromatic heterocycles. The molecular weight excluding hydrogens is 324 g/mol. The second-order valence-electron chi connectivity index (χ2n) is 5.00. The maximum atomic E-state index is 12.2. The Labute approximate surface area is 144 Å². The fraction of sp³-hybridized carbons (Fsp3) is 0.0556. The van der Waals surface area contributed by atoms with Gasteiger partial charge in [0.05, 0.1) is 0 Å². The van der Waals surface area contributed by atoms with Gasteiger partial charge in [-0.25, -0.2) is 9.97 Å². The molecule has 1 N–H and O–H groups in total. The zero-order valence-electron chi connectivity index (χ0n) is 12.8. The van der Waals surface area contributed by atoms with Gasteiger partial charge in [-0.3, -0.25) is 4.79 Å². The van der Waals surface area contributed by atoms with Crippen molar-refractivity contribution in [2.75, 3.05) is 5.32 Å². The number of amides is 1. The van der Waals surface area contributed by atoms with E-state index >= 15 is 0 Å². The van der Waals surface area contributed by atoms with Crippen LogP contribution in [0, 0.1) is 11.8 Å². The molecule has 6 heteroatoms. The van der Waals surface area contributed by atoms with Crippen molar-refractivity contribution in [1.82, 2.24) is 14.5 Å². The standard InChI is InChI=1S/C18H13ClN4O/c1-23-11-3-6-16(23)17(24)21-15-5-2-4-13(12-15)7-8-14-9-10-20-18(19)22-14/h2-6,9-12H,1H3,(H,21,24). The Bertz CT molecular complexity index is 953. The summed E-state index contributed by atoms with van der Waals surface area (Å²) in [7, 11) is 1.82. The third-order valence-corrected chi connectivity index (χ3v) is 3.44. The topological polar surface area (TPSA) is 59.8 Å². The van der Waals surface area contributed by atoms with Crippen LogP contribution in [0.15, 0.2) is 54.9 Å². The van der Waals surface area contributed by atoms with Crippen molar-refractivity contribution in [1.29, 1.82) is 0 Å². The predicted octanol–water partition coefficient (Wildman–Crippen LogP) is 3.12. The van der Waals surface area contributed by atoms with Gasteiger partial charge in [0.25, 0.3) is 5.91 Å². The van der Waals surface area contributed by atoms with Crippen LogP contribution < -0.4 is 5.32 Å². The zero-order chi connectivity index (χ0) is 16.9. The van der Waals surface area contributed by atoms with Crippen LogP contribution in [0.4, 0.5) is 5.69 Å². The Kier molecular flexibility index (Phi) is 4.59. The molecule has 3 aromatic rings. The van der Waals surface area contributed by atoms with Gasteiger partial charge in [0, 0.05) is 30.7 Å². The van der Waals surface area contributed by atoms with Crippen molar-refractivity contribution in [3.8, 4) is 11.8 Å². The normalized spacial score (nSPS) is 9.92. The lowest BCUT2D eigenvalue weighted by Crippen LogP contribution is -2.15. The third kappa shape index (κ3) is 3.80. The van der Waals surface area contributed by atoms with E-state index in [2.05, 4.69) is 27.1 Å². The van der Waals surface area contributed by atoms with E-state index < -0.39 is 0 Å². The van der Waals surface area contributed by atoms with Gasteiger partial charge < -0.3 is 9.88 Å². The van der Waals surface area contributed by atoms with Crippen molar-refractivity contribution < 1.29 is 4.79 Å². The van der Waals surface area contributed by atoms with Crippen LogP contribution in [-0.4, -0.2) is 20.4 Å². The van der Waals surface area contributed by atoms with Crippen LogP contribution >= 0.6 is 11.6 Å². The van der Waals surface area contributed by atoms with E-state index in [-0.39, 0.29) is 11.2 Å².